The van der Waals surface area contributed by atoms with E-state index in [0.29, 0.717) is 31.7 Å². The minimum atomic E-state index is -1.34. The minimum Gasteiger partial charge on any atom is -0.492 e. The second-order valence-electron chi connectivity index (χ2n) is 10.5. The number of carbonyl (C=O) groups excluding carboxylic acids is 1. The summed E-state index contributed by atoms with van der Waals surface area (Å²) >= 11 is 0. The highest BCUT2D eigenvalue weighted by Gasteiger charge is 2.53. The molecule has 1 saturated carbocycles. The summed E-state index contributed by atoms with van der Waals surface area (Å²) in [6.45, 7) is 2.02. The van der Waals surface area contributed by atoms with Gasteiger partial charge in [0, 0.05) is 30.6 Å². The van der Waals surface area contributed by atoms with E-state index in [1.165, 1.54) is 6.92 Å². The summed E-state index contributed by atoms with van der Waals surface area (Å²) in [6, 6.07) is -2.86. The van der Waals surface area contributed by atoms with Gasteiger partial charge in [0.1, 0.15) is 29.7 Å². The number of rotatable bonds is 11. The Balaban J connectivity index is 1.75. The van der Waals surface area contributed by atoms with E-state index in [1.54, 1.807) is 7.05 Å². The van der Waals surface area contributed by atoms with Crippen molar-refractivity contribution in [1.82, 2.24) is 16.0 Å². The molecule has 3 aliphatic rings. The third-order valence-corrected chi connectivity index (χ3v) is 7.51. The van der Waals surface area contributed by atoms with Crippen LogP contribution >= 0.6 is 0 Å². The molecule has 2 fully saturated rings. The van der Waals surface area contributed by atoms with E-state index >= 15 is 0 Å². The molecule has 0 spiro atoms. The Morgan fingerprint density at radius 3 is 2.68 bits per heavy atom. The lowest BCUT2D eigenvalue weighted by molar-refractivity contribution is -0.297. The van der Waals surface area contributed by atoms with Crippen molar-refractivity contribution in [3.63, 3.8) is 0 Å². The van der Waals surface area contributed by atoms with Crippen molar-refractivity contribution < 1.29 is 39.4 Å². The van der Waals surface area contributed by atoms with E-state index in [4.69, 9.17) is 36.5 Å². The molecule has 2 aliphatic heterocycles. The first-order valence-electron chi connectivity index (χ1n) is 12.7. The van der Waals surface area contributed by atoms with Crippen LogP contribution in [0.4, 0.5) is 0 Å². The molecule has 1 saturated heterocycles. The average molecular weight is 533 g/mol. The number of ether oxygens (including phenoxy) is 3. The average Bonchev–Trinajstić information content (AvgIpc) is 2.84. The topological polar surface area (TPSA) is 240 Å². The number of amides is 1. The normalized spacial score (nSPS) is 43.4. The van der Waals surface area contributed by atoms with Gasteiger partial charge in [0.25, 0.3) is 0 Å². The minimum absolute atomic E-state index is 0.116. The van der Waals surface area contributed by atoms with Crippen LogP contribution in [-0.2, 0) is 19.0 Å². The molecule has 0 radical (unpaired) electrons. The number of hydrogen-bond acceptors (Lipinski definition) is 13. The smallest absolute Gasteiger partial charge is 0.207 e. The highest BCUT2D eigenvalue weighted by atomic mass is 16.7. The summed E-state index contributed by atoms with van der Waals surface area (Å²) in [5.74, 6) is -0.0379. The molecule has 12 unspecified atom stereocenters. The number of nitrogens with two attached hydrogens (primary N) is 3. The molecule has 13 N–H and O–H groups in total. The molecular weight excluding hydrogens is 488 g/mol. The fourth-order valence-corrected chi connectivity index (χ4v) is 5.51. The molecule has 0 aromatic heterocycles. The van der Waals surface area contributed by atoms with Gasteiger partial charge in [-0.05, 0) is 32.9 Å². The maximum absolute atomic E-state index is 11.5. The summed E-state index contributed by atoms with van der Waals surface area (Å²) in [4.78, 5) is 11.3. The van der Waals surface area contributed by atoms with E-state index in [-0.39, 0.29) is 19.6 Å². The summed E-state index contributed by atoms with van der Waals surface area (Å²) in [7, 11) is 1.60. The van der Waals surface area contributed by atoms with Crippen LogP contribution in [0.15, 0.2) is 11.8 Å². The fourth-order valence-electron chi connectivity index (χ4n) is 5.51. The van der Waals surface area contributed by atoms with E-state index < -0.39 is 72.4 Å². The molecule has 37 heavy (non-hydrogen) atoms. The molecule has 0 bridgehead atoms. The molecule has 214 valence electrons. The lowest BCUT2D eigenvalue weighted by Crippen LogP contribution is -2.69. The van der Waals surface area contributed by atoms with Gasteiger partial charge in [-0.25, -0.2) is 0 Å². The first-order chi connectivity index (χ1) is 17.5. The summed E-state index contributed by atoms with van der Waals surface area (Å²) in [5.41, 5.74) is 17.2. The Hall–Kier alpha value is -1.43. The zero-order chi connectivity index (χ0) is 27.3. The number of likely N-dealkylation sites (N-methyl/N-ethyl adjacent to an activating group) is 1. The Morgan fingerprint density at radius 1 is 1.30 bits per heavy atom. The maximum atomic E-state index is 11.5. The van der Waals surface area contributed by atoms with Gasteiger partial charge in [-0.3, -0.25) is 4.79 Å². The lowest BCUT2D eigenvalue weighted by atomic mass is 9.72. The van der Waals surface area contributed by atoms with E-state index in [1.807, 2.05) is 6.08 Å². The quantitative estimate of drug-likeness (QED) is 0.112. The van der Waals surface area contributed by atoms with Gasteiger partial charge in [0.05, 0.1) is 37.9 Å². The first-order valence-corrected chi connectivity index (χ1v) is 12.7. The van der Waals surface area contributed by atoms with Gasteiger partial charge in [-0.15, -0.1) is 0 Å². The molecule has 2 heterocycles. The van der Waals surface area contributed by atoms with Crippen LogP contribution in [0.2, 0.25) is 0 Å². The van der Waals surface area contributed by atoms with Gasteiger partial charge in [-0.2, -0.15) is 0 Å². The van der Waals surface area contributed by atoms with Crippen molar-refractivity contribution >= 4 is 6.41 Å². The van der Waals surface area contributed by atoms with Crippen LogP contribution in [0.1, 0.15) is 19.8 Å². The van der Waals surface area contributed by atoms with Crippen LogP contribution < -0.4 is 33.2 Å². The number of hydrogen-bond donors (Lipinski definition) is 10. The van der Waals surface area contributed by atoms with Gasteiger partial charge in [-0.1, -0.05) is 0 Å². The number of nitrogens with one attached hydrogen (secondary N) is 3. The number of carbonyl (C=O) groups is 1. The van der Waals surface area contributed by atoms with Crippen molar-refractivity contribution in [2.45, 2.75) is 86.3 Å². The molecule has 14 heteroatoms. The first kappa shape index (κ1) is 30.1. The summed E-state index contributed by atoms with van der Waals surface area (Å²) in [6.07, 6.45) is -2.19. The van der Waals surface area contributed by atoms with E-state index in [9.17, 15) is 20.1 Å². The van der Waals surface area contributed by atoms with Gasteiger partial charge < -0.3 is 67.8 Å². The lowest BCUT2D eigenvalue weighted by Gasteiger charge is -2.50. The standard InChI is InChI=1S/C23H44N6O8/c1-23(34)9-35-22(18(33)21(23)27-2)37-20-15(29-10-31)5-14(26)16(17(20)32)19-13(25)4-3-12(36-19)7-28-6-11(24)8-30/h3,10-11,13-22,27-28,30,32-34H,4-9,24-26H2,1-2H3,(H,29,31). The summed E-state index contributed by atoms with van der Waals surface area (Å²) < 4.78 is 17.9. The third kappa shape index (κ3) is 6.96. The Labute approximate surface area is 216 Å². The third-order valence-electron chi connectivity index (χ3n) is 7.51. The second kappa shape index (κ2) is 13.1. The Kier molecular flexibility index (Phi) is 10.6. The number of aliphatic hydroxyl groups excluding tert-OH is 3. The van der Waals surface area contributed by atoms with Crippen LogP contribution in [0.25, 0.3) is 0 Å². The predicted molar refractivity (Wildman–Crippen MR) is 133 cm³/mol. The summed E-state index contributed by atoms with van der Waals surface area (Å²) in [5, 5.41) is 50.6. The van der Waals surface area contributed by atoms with Crippen LogP contribution in [0, 0.1) is 5.92 Å². The zero-order valence-electron chi connectivity index (χ0n) is 21.4. The van der Waals surface area contributed by atoms with Crippen molar-refractivity contribution in [2.75, 3.05) is 33.4 Å². The molecule has 14 nitrogen and oxygen atoms in total. The maximum Gasteiger partial charge on any atom is 0.207 e. The highest BCUT2D eigenvalue weighted by molar-refractivity contribution is 5.47. The van der Waals surface area contributed by atoms with Crippen LogP contribution in [0.3, 0.4) is 0 Å². The Bertz CT molecular complexity index is 776. The van der Waals surface area contributed by atoms with Gasteiger partial charge >= 0.3 is 0 Å². The molecule has 3 rings (SSSR count). The zero-order valence-corrected chi connectivity index (χ0v) is 21.4. The molecule has 0 aromatic rings. The number of aliphatic hydroxyl groups is 4. The second-order valence-corrected chi connectivity index (χ2v) is 10.5. The highest BCUT2D eigenvalue weighted by Crippen LogP contribution is 2.36. The van der Waals surface area contributed by atoms with Crippen LogP contribution in [0.5, 0.6) is 0 Å². The van der Waals surface area contributed by atoms with Gasteiger partial charge in [0.15, 0.2) is 6.29 Å². The SMILES string of the molecule is CNC1C(O)C(OC2C(NC=O)CC(N)C(C3OC(CNCC(N)CO)=CCC3N)C2O)OCC1(C)O. The predicted octanol–water partition coefficient (Wildman–Crippen LogP) is -4.84. The van der Waals surface area contributed by atoms with E-state index in [2.05, 4.69) is 16.0 Å². The largest absolute Gasteiger partial charge is 0.492 e. The monoisotopic (exact) mass is 532 g/mol. The van der Waals surface area contributed by atoms with Gasteiger partial charge in [0.2, 0.25) is 6.41 Å². The fraction of sp³-hybridized carbons (Fsp3) is 0.870. The Morgan fingerprint density at radius 2 is 2.03 bits per heavy atom. The molecule has 1 amide bonds. The molecule has 1 aliphatic carbocycles. The van der Waals surface area contributed by atoms with Crippen molar-refractivity contribution in [3.8, 4) is 0 Å². The van der Waals surface area contributed by atoms with Crippen molar-refractivity contribution in [3.05, 3.63) is 11.8 Å². The van der Waals surface area contributed by atoms with Crippen LogP contribution in [-0.4, -0.2) is 127 Å². The van der Waals surface area contributed by atoms with E-state index in [0.717, 1.165) is 0 Å². The van der Waals surface area contributed by atoms with Crippen molar-refractivity contribution in [2.24, 2.45) is 23.1 Å². The molecular formula is C23H44N6O8. The molecule has 0 aromatic carbocycles. The van der Waals surface area contributed by atoms with Crippen molar-refractivity contribution in [1.29, 1.82) is 0 Å². The molecule has 12 atom stereocenters.